The van der Waals surface area contributed by atoms with Crippen LogP contribution >= 0.6 is 39.3 Å². The lowest BCUT2D eigenvalue weighted by molar-refractivity contribution is -0.763. The highest BCUT2D eigenvalue weighted by atomic mass is 79.9. The zero-order valence-corrected chi connectivity index (χ0v) is 21.6. The SMILES string of the molecule is CSc1n[n+]2c(c(=O)[nH]1)-c1cc(Br)ccc1N(C(C)=O)[C@@H]2c1c(C)nn(-c2ccccc2)c1Cl. The number of fused-ring (bicyclic) bond motifs is 3. The van der Waals surface area contributed by atoms with Crippen LogP contribution in [0.25, 0.3) is 16.9 Å². The average molecular weight is 559 g/mol. The molecule has 1 atom stereocenters. The van der Waals surface area contributed by atoms with Crippen molar-refractivity contribution in [1.82, 2.24) is 19.9 Å². The maximum atomic E-state index is 13.3. The molecule has 2 aromatic heterocycles. The molecule has 0 fully saturated rings. The molecule has 0 saturated carbocycles. The fraction of sp³-hybridized carbons (Fsp3) is 0.174. The standard InChI is InChI=1S/C23H18BrClN6O2S/c1-12-18(20(25)30(27-12)15-7-5-4-6-8-15)22-29(13(2)32)17-10-9-14(24)11-16(17)19-21(33)26-23(34-3)28-31(19)22/h4-11,22H,1-3H3/p+1/t22-/m0/s1. The summed E-state index contributed by atoms with van der Waals surface area (Å²) in [5, 5.41) is 10.1. The molecule has 0 aliphatic carbocycles. The number of aromatic nitrogens is 5. The Labute approximate surface area is 212 Å². The van der Waals surface area contributed by atoms with E-state index in [0.717, 1.165) is 10.2 Å². The summed E-state index contributed by atoms with van der Waals surface area (Å²) in [4.78, 5) is 30.8. The summed E-state index contributed by atoms with van der Waals surface area (Å²) in [6, 6.07) is 15.0. The molecule has 1 aliphatic rings. The number of anilines is 1. The smallest absolute Gasteiger partial charge is 0.291 e. The van der Waals surface area contributed by atoms with Gasteiger partial charge in [0.15, 0.2) is 0 Å². The molecule has 4 aromatic rings. The van der Waals surface area contributed by atoms with Gasteiger partial charge in [-0.2, -0.15) is 5.10 Å². The van der Waals surface area contributed by atoms with Crippen LogP contribution in [0, 0.1) is 6.92 Å². The van der Waals surface area contributed by atoms with Crippen LogP contribution < -0.4 is 15.1 Å². The van der Waals surface area contributed by atoms with Crippen LogP contribution in [0.2, 0.25) is 5.15 Å². The van der Waals surface area contributed by atoms with Gasteiger partial charge in [-0.05, 0) is 48.2 Å². The van der Waals surface area contributed by atoms with E-state index in [2.05, 4.69) is 26.0 Å². The van der Waals surface area contributed by atoms with E-state index >= 15 is 0 Å². The van der Waals surface area contributed by atoms with Gasteiger partial charge in [0, 0.05) is 16.5 Å². The summed E-state index contributed by atoms with van der Waals surface area (Å²) in [6.45, 7) is 3.32. The largest absolute Gasteiger partial charge is 0.325 e. The van der Waals surface area contributed by atoms with Gasteiger partial charge in [-0.15, -0.1) is 0 Å². The van der Waals surface area contributed by atoms with Crippen molar-refractivity contribution >= 4 is 50.9 Å². The molecule has 1 N–H and O–H groups in total. The molecule has 0 radical (unpaired) electrons. The number of aromatic amines is 1. The maximum absolute atomic E-state index is 13.3. The van der Waals surface area contributed by atoms with E-state index in [4.69, 9.17) is 16.7 Å². The number of H-pyrrole nitrogens is 1. The highest BCUT2D eigenvalue weighted by molar-refractivity contribution is 9.10. The Kier molecular flexibility index (Phi) is 5.83. The van der Waals surface area contributed by atoms with Crippen LogP contribution in [0.4, 0.5) is 5.69 Å². The summed E-state index contributed by atoms with van der Waals surface area (Å²) in [6.07, 6.45) is 1.02. The van der Waals surface area contributed by atoms with Crippen LogP contribution in [-0.4, -0.2) is 32.0 Å². The zero-order valence-electron chi connectivity index (χ0n) is 18.4. The molecule has 1 aliphatic heterocycles. The summed E-state index contributed by atoms with van der Waals surface area (Å²) in [5.74, 6) is -0.220. The Morgan fingerprint density at radius 3 is 2.65 bits per heavy atom. The number of halogens is 2. The van der Waals surface area contributed by atoms with Crippen LogP contribution in [-0.2, 0) is 4.79 Å². The van der Waals surface area contributed by atoms with Crippen molar-refractivity contribution < 1.29 is 9.48 Å². The van der Waals surface area contributed by atoms with Gasteiger partial charge in [0.1, 0.15) is 10.7 Å². The Balaban J connectivity index is 1.86. The molecule has 8 nitrogen and oxygen atoms in total. The molecule has 0 spiro atoms. The van der Waals surface area contributed by atoms with Crippen molar-refractivity contribution in [3.05, 3.63) is 79.8 Å². The lowest BCUT2D eigenvalue weighted by atomic mass is 10.0. The molecule has 3 heterocycles. The van der Waals surface area contributed by atoms with E-state index in [-0.39, 0.29) is 11.5 Å². The molecule has 1 amide bonds. The predicted molar refractivity (Wildman–Crippen MR) is 135 cm³/mol. The number of benzene rings is 2. The number of nitrogens with one attached hydrogen (secondary N) is 1. The lowest BCUT2D eigenvalue weighted by Gasteiger charge is -2.31. The van der Waals surface area contributed by atoms with E-state index in [0.29, 0.717) is 38.5 Å². The fourth-order valence-corrected chi connectivity index (χ4v) is 5.33. The molecule has 0 saturated heterocycles. The molecule has 34 heavy (non-hydrogen) atoms. The summed E-state index contributed by atoms with van der Waals surface area (Å²) < 4.78 is 3.98. The highest BCUT2D eigenvalue weighted by Gasteiger charge is 2.47. The first-order chi connectivity index (χ1) is 16.3. The zero-order chi connectivity index (χ0) is 24.1. The van der Waals surface area contributed by atoms with Crippen molar-refractivity contribution in [2.24, 2.45) is 0 Å². The summed E-state index contributed by atoms with van der Waals surface area (Å²) in [5.41, 5.74) is 3.20. The highest BCUT2D eigenvalue weighted by Crippen LogP contribution is 2.41. The van der Waals surface area contributed by atoms with E-state index in [9.17, 15) is 9.59 Å². The number of nitrogens with zero attached hydrogens (tertiary/aromatic N) is 5. The minimum Gasteiger partial charge on any atom is -0.291 e. The number of amides is 1. The Morgan fingerprint density at radius 2 is 1.97 bits per heavy atom. The van der Waals surface area contributed by atoms with Crippen LogP contribution in [0.3, 0.4) is 0 Å². The fourth-order valence-electron chi connectivity index (χ4n) is 4.23. The monoisotopic (exact) mass is 557 g/mol. The van der Waals surface area contributed by atoms with Crippen molar-refractivity contribution in [3.63, 3.8) is 0 Å². The molecule has 5 rings (SSSR count). The third-order valence-electron chi connectivity index (χ3n) is 5.65. The average Bonchev–Trinajstić information content (AvgIpc) is 3.11. The number of thioether (sulfide) groups is 1. The molecular weight excluding hydrogens is 540 g/mol. The Bertz CT molecular complexity index is 1500. The van der Waals surface area contributed by atoms with Gasteiger partial charge in [-0.25, -0.2) is 9.58 Å². The number of carbonyl (C=O) groups excluding carboxylic acids is 1. The normalized spacial score (nSPS) is 14.6. The molecule has 0 bridgehead atoms. The number of hydrogen-bond acceptors (Lipinski definition) is 5. The summed E-state index contributed by atoms with van der Waals surface area (Å²) >= 11 is 11.7. The minimum atomic E-state index is -0.806. The number of rotatable bonds is 3. The molecule has 172 valence electrons. The van der Waals surface area contributed by atoms with E-state index in [1.54, 1.807) is 14.3 Å². The third kappa shape index (κ3) is 3.57. The molecule has 0 unspecified atom stereocenters. The quantitative estimate of drug-likeness (QED) is 0.300. The molecular formula is C23H19BrClN6O2S+. The van der Waals surface area contributed by atoms with E-state index < -0.39 is 6.17 Å². The van der Waals surface area contributed by atoms with Gasteiger partial charge in [0.05, 0.1) is 22.6 Å². The Morgan fingerprint density at radius 1 is 1.24 bits per heavy atom. The van der Waals surface area contributed by atoms with Gasteiger partial charge in [-0.3, -0.25) is 14.6 Å². The second-order valence-electron chi connectivity index (χ2n) is 7.72. The van der Waals surface area contributed by atoms with Gasteiger partial charge in [0.25, 0.3) is 6.17 Å². The first-order valence-corrected chi connectivity index (χ1v) is 12.7. The lowest BCUT2D eigenvalue weighted by Crippen LogP contribution is -2.60. The molecule has 2 aromatic carbocycles. The number of para-hydroxylation sites is 1. The first-order valence-electron chi connectivity index (χ1n) is 10.3. The predicted octanol–water partition coefficient (Wildman–Crippen LogP) is 4.27. The van der Waals surface area contributed by atoms with Crippen LogP contribution in [0.5, 0.6) is 0 Å². The third-order valence-corrected chi connectivity index (χ3v) is 7.08. The first kappa shape index (κ1) is 22.8. The van der Waals surface area contributed by atoms with E-state index in [1.807, 2.05) is 61.7 Å². The van der Waals surface area contributed by atoms with Crippen molar-refractivity contribution in [1.29, 1.82) is 0 Å². The van der Waals surface area contributed by atoms with Gasteiger partial charge >= 0.3 is 11.3 Å². The van der Waals surface area contributed by atoms with Gasteiger partial charge < -0.3 is 0 Å². The minimum absolute atomic E-state index is 0.220. The van der Waals surface area contributed by atoms with Crippen molar-refractivity contribution in [2.45, 2.75) is 25.2 Å². The van der Waals surface area contributed by atoms with Crippen LogP contribution in [0.1, 0.15) is 24.3 Å². The van der Waals surface area contributed by atoms with Crippen molar-refractivity contribution in [3.8, 4) is 16.9 Å². The maximum Gasteiger partial charge on any atom is 0.325 e. The number of aryl methyl sites for hydroxylation is 1. The second-order valence-corrected chi connectivity index (χ2v) is 9.79. The van der Waals surface area contributed by atoms with Crippen LogP contribution in [0.15, 0.2) is 63.0 Å². The van der Waals surface area contributed by atoms with Gasteiger partial charge in [-0.1, -0.05) is 57.5 Å². The van der Waals surface area contributed by atoms with Gasteiger partial charge in [0.2, 0.25) is 11.1 Å². The Hall–Kier alpha value is -2.95. The summed E-state index contributed by atoms with van der Waals surface area (Å²) in [7, 11) is 0. The topological polar surface area (TPSA) is 87.8 Å². The number of hydrogen-bond donors (Lipinski definition) is 1. The van der Waals surface area contributed by atoms with E-state index in [1.165, 1.54) is 18.7 Å². The van der Waals surface area contributed by atoms with Crippen molar-refractivity contribution in [2.75, 3.05) is 11.2 Å². The number of carbonyl (C=O) groups is 1. The molecule has 11 heteroatoms. The second kappa shape index (κ2) is 8.68.